The Hall–Kier alpha value is -2.84. The van der Waals surface area contributed by atoms with Gasteiger partial charge in [0, 0.05) is 42.7 Å². The van der Waals surface area contributed by atoms with Gasteiger partial charge in [-0.3, -0.25) is 4.79 Å². The van der Waals surface area contributed by atoms with Gasteiger partial charge in [-0.05, 0) is 18.4 Å². The molecule has 1 fully saturated rings. The van der Waals surface area contributed by atoms with Crippen molar-refractivity contribution in [1.82, 2.24) is 15.0 Å². The van der Waals surface area contributed by atoms with Crippen LogP contribution < -0.4 is 4.90 Å². The third-order valence-electron chi connectivity index (χ3n) is 5.22. The van der Waals surface area contributed by atoms with Crippen LogP contribution in [-0.2, 0) is 0 Å². The van der Waals surface area contributed by atoms with Crippen LogP contribution in [0.5, 0.6) is 0 Å². The van der Waals surface area contributed by atoms with E-state index >= 15 is 0 Å². The van der Waals surface area contributed by atoms with Gasteiger partial charge in [0.1, 0.15) is 0 Å². The number of hydrogen-bond donors (Lipinski definition) is 0. The lowest BCUT2D eigenvalue weighted by atomic mass is 10.1. The molecule has 6 nitrogen and oxygen atoms in total. The largest absolute Gasteiger partial charge is 0.355 e. The zero-order valence-electron chi connectivity index (χ0n) is 16.4. The van der Waals surface area contributed by atoms with E-state index in [4.69, 9.17) is 9.51 Å². The second-order valence-corrected chi connectivity index (χ2v) is 8.88. The Morgan fingerprint density at radius 1 is 1.07 bits per heavy atom. The highest BCUT2D eigenvalue weighted by Crippen LogP contribution is 2.34. The summed E-state index contributed by atoms with van der Waals surface area (Å²) >= 11 is 3.43. The van der Waals surface area contributed by atoms with Crippen LogP contribution in [0.4, 0.5) is 5.13 Å². The molecule has 0 spiro atoms. The molecule has 1 aliphatic heterocycles. The summed E-state index contributed by atoms with van der Waals surface area (Å²) in [7, 11) is 0. The lowest BCUT2D eigenvalue weighted by Crippen LogP contribution is -2.48. The lowest BCUT2D eigenvalue weighted by Gasteiger charge is -2.34. The van der Waals surface area contributed by atoms with Gasteiger partial charge in [-0.1, -0.05) is 52.9 Å². The van der Waals surface area contributed by atoms with Gasteiger partial charge in [0.05, 0.1) is 10.2 Å². The van der Waals surface area contributed by atoms with Gasteiger partial charge in [-0.25, -0.2) is 4.98 Å². The summed E-state index contributed by atoms with van der Waals surface area (Å²) < 4.78 is 6.59. The van der Waals surface area contributed by atoms with Crippen molar-refractivity contribution in [2.75, 3.05) is 37.3 Å². The maximum Gasteiger partial charge on any atom is 0.276 e. The smallest absolute Gasteiger partial charge is 0.276 e. The van der Waals surface area contributed by atoms with Crippen molar-refractivity contribution < 1.29 is 9.32 Å². The van der Waals surface area contributed by atoms with Gasteiger partial charge < -0.3 is 14.3 Å². The van der Waals surface area contributed by atoms with Crippen LogP contribution in [0.2, 0.25) is 0 Å². The van der Waals surface area contributed by atoms with E-state index in [2.05, 4.69) is 34.5 Å². The van der Waals surface area contributed by atoms with E-state index in [1.54, 1.807) is 29.2 Å². The first-order valence-corrected chi connectivity index (χ1v) is 11.8. The molecule has 0 unspecified atom stereocenters. The average Bonchev–Trinajstić information content (AvgIpc) is 3.47. The fourth-order valence-electron chi connectivity index (χ4n) is 3.59. The Balaban J connectivity index is 1.27. The number of piperazine rings is 1. The van der Waals surface area contributed by atoms with Gasteiger partial charge >= 0.3 is 0 Å². The number of hydrogen-bond acceptors (Lipinski definition) is 7. The molecule has 0 N–H and O–H groups in total. The number of carbonyl (C=O) groups is 1. The number of rotatable bonds is 4. The highest BCUT2D eigenvalue weighted by atomic mass is 32.2. The molecular formula is C22H20N4O2S2. The minimum atomic E-state index is -0.0884. The van der Waals surface area contributed by atoms with Crippen molar-refractivity contribution in [2.45, 2.75) is 4.90 Å². The molecular weight excluding hydrogens is 416 g/mol. The van der Waals surface area contributed by atoms with Crippen LogP contribution in [0.1, 0.15) is 10.5 Å². The van der Waals surface area contributed by atoms with Crippen LogP contribution in [0.3, 0.4) is 0 Å². The second kappa shape index (κ2) is 8.12. The van der Waals surface area contributed by atoms with E-state index in [9.17, 15) is 4.79 Å². The van der Waals surface area contributed by atoms with Gasteiger partial charge in [0.25, 0.3) is 5.91 Å². The Labute approximate surface area is 182 Å². The van der Waals surface area contributed by atoms with E-state index in [-0.39, 0.29) is 5.91 Å². The van der Waals surface area contributed by atoms with E-state index in [1.807, 2.05) is 35.2 Å². The van der Waals surface area contributed by atoms with Crippen LogP contribution >= 0.6 is 23.1 Å². The number of benzene rings is 2. The molecule has 1 amide bonds. The summed E-state index contributed by atoms with van der Waals surface area (Å²) in [5, 5.41) is 5.02. The Morgan fingerprint density at radius 2 is 1.87 bits per heavy atom. The molecule has 0 radical (unpaired) electrons. The summed E-state index contributed by atoms with van der Waals surface area (Å²) in [5.74, 6) is 0.520. The summed E-state index contributed by atoms with van der Waals surface area (Å²) in [6.45, 7) is 2.78. The number of thioether (sulfide) groups is 1. The topological polar surface area (TPSA) is 62.5 Å². The van der Waals surface area contributed by atoms with E-state index in [0.717, 1.165) is 29.3 Å². The molecule has 0 atom stereocenters. The molecule has 3 heterocycles. The molecule has 152 valence electrons. The number of para-hydroxylation sites is 1. The number of carbonyl (C=O) groups excluding carboxylic acids is 1. The summed E-state index contributed by atoms with van der Waals surface area (Å²) in [4.78, 5) is 23.0. The summed E-state index contributed by atoms with van der Waals surface area (Å²) in [6.07, 6.45) is 2.07. The average molecular weight is 437 g/mol. The minimum absolute atomic E-state index is 0.0884. The third kappa shape index (κ3) is 3.57. The van der Waals surface area contributed by atoms with Crippen LogP contribution in [0.25, 0.3) is 21.5 Å². The Bertz CT molecular complexity index is 1180. The van der Waals surface area contributed by atoms with Crippen LogP contribution in [0, 0.1) is 0 Å². The Kier molecular flexibility index (Phi) is 5.18. The van der Waals surface area contributed by atoms with Crippen molar-refractivity contribution in [3.63, 3.8) is 0 Å². The molecule has 1 saturated heterocycles. The number of amides is 1. The van der Waals surface area contributed by atoms with Crippen molar-refractivity contribution in [2.24, 2.45) is 0 Å². The zero-order valence-corrected chi connectivity index (χ0v) is 18.1. The number of nitrogens with zero attached hydrogens (tertiary/aromatic N) is 4. The first-order chi connectivity index (χ1) is 14.7. The lowest BCUT2D eigenvalue weighted by molar-refractivity contribution is 0.0736. The number of aromatic nitrogens is 2. The fraction of sp³-hybridized carbons (Fsp3) is 0.227. The maximum atomic E-state index is 12.9. The maximum absolute atomic E-state index is 12.9. The summed E-state index contributed by atoms with van der Waals surface area (Å²) in [6, 6.07) is 17.7. The minimum Gasteiger partial charge on any atom is -0.355 e. The Morgan fingerprint density at radius 3 is 2.63 bits per heavy atom. The fourth-order valence-corrected chi connectivity index (χ4v) is 5.26. The van der Waals surface area contributed by atoms with Gasteiger partial charge in [-0.2, -0.15) is 0 Å². The predicted octanol–water partition coefficient (Wildman–Crippen LogP) is 4.64. The molecule has 0 bridgehead atoms. The molecule has 2 aromatic heterocycles. The van der Waals surface area contributed by atoms with Crippen molar-refractivity contribution in [1.29, 1.82) is 0 Å². The van der Waals surface area contributed by atoms with Crippen LogP contribution in [0.15, 0.2) is 64.0 Å². The molecule has 4 aromatic rings. The number of fused-ring (bicyclic) bond motifs is 1. The highest BCUT2D eigenvalue weighted by Gasteiger charge is 2.26. The summed E-state index contributed by atoms with van der Waals surface area (Å²) in [5.41, 5.74) is 2.33. The predicted molar refractivity (Wildman–Crippen MR) is 121 cm³/mol. The van der Waals surface area contributed by atoms with E-state index < -0.39 is 0 Å². The molecule has 5 rings (SSSR count). The normalized spacial score (nSPS) is 14.4. The second-order valence-electron chi connectivity index (χ2n) is 7.03. The monoisotopic (exact) mass is 436 g/mol. The van der Waals surface area contributed by atoms with Gasteiger partial charge in [-0.15, -0.1) is 11.8 Å². The zero-order chi connectivity index (χ0) is 20.5. The van der Waals surface area contributed by atoms with E-state index in [0.29, 0.717) is 24.5 Å². The van der Waals surface area contributed by atoms with E-state index in [1.165, 1.54) is 9.60 Å². The molecule has 8 heteroatoms. The van der Waals surface area contributed by atoms with Crippen molar-refractivity contribution >= 4 is 44.4 Å². The first kappa shape index (κ1) is 19.1. The third-order valence-corrected chi connectivity index (χ3v) is 7.07. The highest BCUT2D eigenvalue weighted by molar-refractivity contribution is 7.98. The van der Waals surface area contributed by atoms with Crippen molar-refractivity contribution in [3.8, 4) is 11.3 Å². The molecule has 30 heavy (non-hydrogen) atoms. The number of thiazole rings is 1. The standard InChI is InChI=1S/C22H20N4O2S2/c1-29-18-8-5-9-19-20(18)23-22(30-19)26-12-10-25(11-13-26)21(27)16-14-17(28-24-16)15-6-3-2-4-7-15/h2-9,14H,10-13H2,1H3. The molecule has 0 saturated carbocycles. The van der Waals surface area contributed by atoms with Gasteiger partial charge in [0.15, 0.2) is 16.6 Å². The molecule has 2 aromatic carbocycles. The van der Waals surface area contributed by atoms with Gasteiger partial charge in [0.2, 0.25) is 0 Å². The quantitative estimate of drug-likeness (QED) is 0.435. The number of anilines is 1. The van der Waals surface area contributed by atoms with Crippen molar-refractivity contribution in [3.05, 3.63) is 60.3 Å². The van der Waals surface area contributed by atoms with Crippen LogP contribution in [-0.4, -0.2) is 53.4 Å². The first-order valence-electron chi connectivity index (χ1n) is 9.73. The molecule has 0 aliphatic carbocycles. The SMILES string of the molecule is CSc1cccc2sc(N3CCN(C(=O)c4cc(-c5ccccc5)on4)CC3)nc12. The molecule has 1 aliphatic rings.